The number of carbonyl (C=O) groups is 2. The van der Waals surface area contributed by atoms with Gasteiger partial charge in [-0.1, -0.05) is 73.9 Å². The molecule has 174 valence electrons. The number of anilines is 1. The van der Waals surface area contributed by atoms with Gasteiger partial charge >= 0.3 is 0 Å². The van der Waals surface area contributed by atoms with Crippen LogP contribution in [0.5, 0.6) is 0 Å². The molecule has 4 rings (SSSR count). The molecule has 1 saturated carbocycles. The summed E-state index contributed by atoms with van der Waals surface area (Å²) in [5.41, 5.74) is 2.07. The summed E-state index contributed by atoms with van der Waals surface area (Å²) in [5.74, 6) is -0.381. The number of carbonyl (C=O) groups excluding carboxylic acids is 2. The van der Waals surface area contributed by atoms with E-state index in [1.807, 2.05) is 66.5 Å². The Bertz CT molecular complexity index is 1230. The Hall–Kier alpha value is -3.51. The topological polar surface area (TPSA) is 61.4 Å². The smallest absolute Gasteiger partial charge is 0.255 e. The first-order valence-corrected chi connectivity index (χ1v) is 12.1. The normalized spacial score (nSPS) is 14.1. The number of amides is 2. The first-order chi connectivity index (χ1) is 16.5. The Kier molecular flexibility index (Phi) is 7.70. The Morgan fingerprint density at radius 1 is 0.941 bits per heavy atom. The summed E-state index contributed by atoms with van der Waals surface area (Å²) in [6, 6.07) is 21.5. The molecule has 1 fully saturated rings. The fourth-order valence-corrected chi connectivity index (χ4v) is 4.68. The highest BCUT2D eigenvalue weighted by Gasteiger charge is 2.24. The first kappa shape index (κ1) is 23.6. The van der Waals surface area contributed by atoms with Crippen molar-refractivity contribution < 1.29 is 9.59 Å². The molecule has 0 atom stereocenters. The summed E-state index contributed by atoms with van der Waals surface area (Å²) in [4.78, 5) is 27.5. The maximum atomic E-state index is 13.2. The maximum absolute atomic E-state index is 13.2. The van der Waals surface area contributed by atoms with Crippen molar-refractivity contribution in [1.82, 2.24) is 10.2 Å². The quantitative estimate of drug-likeness (QED) is 0.366. The van der Waals surface area contributed by atoms with Crippen molar-refractivity contribution >= 4 is 51.7 Å². The molecule has 0 aromatic heterocycles. The summed E-state index contributed by atoms with van der Waals surface area (Å²) in [6.07, 6.45) is 8.86. The van der Waals surface area contributed by atoms with Gasteiger partial charge in [0.25, 0.3) is 5.91 Å². The van der Waals surface area contributed by atoms with E-state index < -0.39 is 0 Å². The second-order valence-corrected chi connectivity index (χ2v) is 9.01. The van der Waals surface area contributed by atoms with Crippen LogP contribution in [-0.2, 0) is 4.79 Å². The molecule has 0 radical (unpaired) electrons. The number of benzene rings is 3. The lowest BCUT2D eigenvalue weighted by Crippen LogP contribution is -2.39. The van der Waals surface area contributed by atoms with Crippen LogP contribution >= 0.6 is 12.2 Å². The molecular weight excluding hydrogens is 442 g/mol. The van der Waals surface area contributed by atoms with Gasteiger partial charge in [-0.2, -0.15) is 0 Å². The van der Waals surface area contributed by atoms with Crippen molar-refractivity contribution in [2.75, 3.05) is 12.4 Å². The van der Waals surface area contributed by atoms with Gasteiger partial charge in [0.15, 0.2) is 5.11 Å². The molecular formula is C28H29N3O2S. The highest BCUT2D eigenvalue weighted by molar-refractivity contribution is 7.80. The van der Waals surface area contributed by atoms with Gasteiger partial charge in [0.2, 0.25) is 5.91 Å². The van der Waals surface area contributed by atoms with E-state index in [2.05, 4.69) is 10.6 Å². The number of hydrogen-bond acceptors (Lipinski definition) is 3. The highest BCUT2D eigenvalue weighted by Crippen LogP contribution is 2.25. The fraction of sp³-hybridized carbons (Fsp3) is 0.250. The van der Waals surface area contributed by atoms with Crippen LogP contribution < -0.4 is 10.6 Å². The van der Waals surface area contributed by atoms with E-state index in [1.54, 1.807) is 18.2 Å². The van der Waals surface area contributed by atoms with Gasteiger partial charge in [-0.05, 0) is 59.6 Å². The first-order valence-electron chi connectivity index (χ1n) is 11.7. The molecule has 5 nitrogen and oxygen atoms in total. The molecule has 0 aliphatic heterocycles. The largest absolute Gasteiger partial charge is 0.339 e. The zero-order valence-corrected chi connectivity index (χ0v) is 20.1. The predicted octanol–water partition coefficient (Wildman–Crippen LogP) is 5.77. The Morgan fingerprint density at radius 3 is 2.47 bits per heavy atom. The van der Waals surface area contributed by atoms with E-state index in [1.165, 1.54) is 12.5 Å². The van der Waals surface area contributed by atoms with Gasteiger partial charge in [0.1, 0.15) is 0 Å². The maximum Gasteiger partial charge on any atom is 0.255 e. The zero-order chi connectivity index (χ0) is 23.9. The average Bonchev–Trinajstić information content (AvgIpc) is 2.87. The van der Waals surface area contributed by atoms with Gasteiger partial charge in [0, 0.05) is 19.2 Å². The second kappa shape index (κ2) is 11.1. The lowest BCUT2D eigenvalue weighted by atomic mass is 9.94. The van der Waals surface area contributed by atoms with Crippen molar-refractivity contribution in [3.8, 4) is 0 Å². The molecule has 3 aromatic rings. The predicted molar refractivity (Wildman–Crippen MR) is 143 cm³/mol. The van der Waals surface area contributed by atoms with E-state index >= 15 is 0 Å². The van der Waals surface area contributed by atoms with Gasteiger partial charge in [-0.15, -0.1) is 0 Å². The number of thiocarbonyl (C=S) groups is 1. The summed E-state index contributed by atoms with van der Waals surface area (Å²) >= 11 is 5.36. The lowest BCUT2D eigenvalue weighted by molar-refractivity contribution is -0.115. The number of hydrogen-bond donors (Lipinski definition) is 2. The van der Waals surface area contributed by atoms with E-state index in [9.17, 15) is 9.59 Å². The van der Waals surface area contributed by atoms with E-state index in [-0.39, 0.29) is 23.0 Å². The Labute approximate surface area is 205 Å². The number of nitrogens with one attached hydrogen (secondary N) is 2. The molecule has 2 N–H and O–H groups in total. The van der Waals surface area contributed by atoms with E-state index in [0.717, 1.165) is 42.0 Å². The number of para-hydroxylation sites is 1. The summed E-state index contributed by atoms with van der Waals surface area (Å²) < 4.78 is 0. The minimum absolute atomic E-state index is 0.0417. The van der Waals surface area contributed by atoms with Crippen LogP contribution in [0.4, 0.5) is 5.69 Å². The molecule has 1 aliphatic rings. The average molecular weight is 472 g/mol. The van der Waals surface area contributed by atoms with Crippen LogP contribution in [0.2, 0.25) is 0 Å². The van der Waals surface area contributed by atoms with Crippen LogP contribution in [-0.4, -0.2) is 34.9 Å². The molecule has 0 spiro atoms. The molecule has 2 amide bonds. The molecule has 0 unspecified atom stereocenters. The minimum Gasteiger partial charge on any atom is -0.339 e. The third kappa shape index (κ3) is 5.69. The van der Waals surface area contributed by atoms with Crippen molar-refractivity contribution in [2.24, 2.45) is 0 Å². The molecule has 0 heterocycles. The minimum atomic E-state index is -0.339. The fourth-order valence-electron chi connectivity index (χ4n) is 4.47. The Balaban J connectivity index is 1.40. The SMILES string of the molecule is CN(C(=O)c1ccccc1NC(=S)NC(=O)/C=C/c1cccc2ccccc12)C1CCCCC1. The van der Waals surface area contributed by atoms with Crippen molar-refractivity contribution in [1.29, 1.82) is 0 Å². The van der Waals surface area contributed by atoms with E-state index in [4.69, 9.17) is 12.2 Å². The number of fused-ring (bicyclic) bond motifs is 1. The zero-order valence-electron chi connectivity index (χ0n) is 19.3. The summed E-state index contributed by atoms with van der Waals surface area (Å²) in [7, 11) is 1.87. The van der Waals surface area contributed by atoms with Crippen LogP contribution in [0.3, 0.4) is 0 Å². The van der Waals surface area contributed by atoms with Crippen LogP contribution in [0.1, 0.15) is 48.0 Å². The van der Waals surface area contributed by atoms with Crippen molar-refractivity contribution in [3.63, 3.8) is 0 Å². The van der Waals surface area contributed by atoms with Gasteiger partial charge in [0.05, 0.1) is 11.3 Å². The molecule has 1 aliphatic carbocycles. The second-order valence-electron chi connectivity index (χ2n) is 8.60. The van der Waals surface area contributed by atoms with Crippen LogP contribution in [0, 0.1) is 0 Å². The van der Waals surface area contributed by atoms with Crippen molar-refractivity contribution in [2.45, 2.75) is 38.1 Å². The van der Waals surface area contributed by atoms with Gasteiger partial charge in [-0.25, -0.2) is 0 Å². The lowest BCUT2D eigenvalue weighted by Gasteiger charge is -2.31. The summed E-state index contributed by atoms with van der Waals surface area (Å²) in [6.45, 7) is 0. The van der Waals surface area contributed by atoms with E-state index in [0.29, 0.717) is 11.3 Å². The Morgan fingerprint density at radius 2 is 1.65 bits per heavy atom. The number of rotatable bonds is 5. The summed E-state index contributed by atoms with van der Waals surface area (Å²) in [5, 5.41) is 8.03. The van der Waals surface area contributed by atoms with Crippen LogP contribution in [0.15, 0.2) is 72.8 Å². The molecule has 0 saturated heterocycles. The van der Waals surface area contributed by atoms with Gasteiger partial charge in [-0.3, -0.25) is 14.9 Å². The monoisotopic (exact) mass is 471 g/mol. The number of nitrogens with zero attached hydrogens (tertiary/aromatic N) is 1. The van der Waals surface area contributed by atoms with Crippen molar-refractivity contribution in [3.05, 3.63) is 83.9 Å². The molecule has 3 aromatic carbocycles. The van der Waals surface area contributed by atoms with Crippen LogP contribution in [0.25, 0.3) is 16.8 Å². The van der Waals surface area contributed by atoms with Gasteiger partial charge < -0.3 is 10.2 Å². The standard InChI is InChI=1S/C28H29N3O2S/c1-31(22-13-3-2-4-14-22)27(33)24-16-7-8-17-25(24)29-28(34)30-26(32)19-18-21-12-9-11-20-10-5-6-15-23(20)21/h5-12,15-19,22H,2-4,13-14H2,1H3,(H2,29,30,32,34)/b19-18+. The third-order valence-electron chi connectivity index (χ3n) is 6.32. The molecule has 6 heteroatoms. The molecule has 34 heavy (non-hydrogen) atoms. The molecule has 0 bridgehead atoms. The highest BCUT2D eigenvalue weighted by atomic mass is 32.1. The third-order valence-corrected chi connectivity index (χ3v) is 6.53.